The van der Waals surface area contributed by atoms with Crippen LogP contribution in [0.25, 0.3) is 0 Å². The van der Waals surface area contributed by atoms with E-state index in [2.05, 4.69) is 0 Å². The van der Waals surface area contributed by atoms with Crippen LogP contribution >= 0.6 is 0 Å². The summed E-state index contributed by atoms with van der Waals surface area (Å²) >= 11 is 0. The van der Waals surface area contributed by atoms with Gasteiger partial charge >= 0.3 is 6.18 Å². The van der Waals surface area contributed by atoms with E-state index in [9.17, 15) is 26.7 Å². The fourth-order valence-corrected chi connectivity index (χ4v) is 0.995. The Kier molecular flexibility index (Phi) is 2.92. The Hall–Kier alpha value is -1.66. The Balaban J connectivity index is 3.27. The summed E-state index contributed by atoms with van der Waals surface area (Å²) in [7, 11) is 0. The molecule has 0 aliphatic heterocycles. The van der Waals surface area contributed by atoms with Crippen molar-refractivity contribution in [1.29, 1.82) is 0 Å². The van der Waals surface area contributed by atoms with E-state index in [1.54, 1.807) is 0 Å². The molecular weight excluding hydrogens is 221 g/mol. The molecule has 1 N–H and O–H groups in total. The molecule has 0 atom stereocenters. The van der Waals surface area contributed by atoms with E-state index in [1.807, 2.05) is 5.32 Å². The number of carbonyl (C=O) groups is 1. The maximum absolute atomic E-state index is 12.8. The normalized spacial score (nSPS) is 11.3. The summed E-state index contributed by atoms with van der Waals surface area (Å²) in [6.07, 6.45) is -5.00. The molecule has 0 heterocycles. The molecule has 7 heteroatoms. The van der Waals surface area contributed by atoms with Crippen molar-refractivity contribution in [3.63, 3.8) is 0 Å². The Labute approximate surface area is 80.7 Å². The number of halogens is 5. The van der Waals surface area contributed by atoms with E-state index in [4.69, 9.17) is 0 Å². The van der Waals surface area contributed by atoms with Gasteiger partial charge in [0.05, 0.1) is 0 Å². The zero-order chi connectivity index (χ0) is 11.6. The number of nitrogens with one attached hydrogen (secondary N) is 1. The molecule has 0 unspecified atom stereocenters. The van der Waals surface area contributed by atoms with Gasteiger partial charge in [-0.1, -0.05) is 0 Å². The number of rotatable bonds is 2. The minimum Gasteiger partial charge on any atom is -0.328 e. The van der Waals surface area contributed by atoms with Crippen LogP contribution in [-0.4, -0.2) is 6.41 Å². The fourth-order valence-electron chi connectivity index (χ4n) is 0.995. The van der Waals surface area contributed by atoms with Crippen molar-refractivity contribution in [3.8, 4) is 0 Å². The number of carbonyl (C=O) groups excluding carboxylic acids is 1. The summed E-state index contributed by atoms with van der Waals surface area (Å²) in [6, 6.07) is 0.778. The molecule has 0 bridgehead atoms. The first kappa shape index (κ1) is 11.4. The SMILES string of the molecule is O=CNc1cc(F)c(C(F)(F)F)c(F)c1. The number of hydrogen-bond donors (Lipinski definition) is 1. The highest BCUT2D eigenvalue weighted by atomic mass is 19.4. The lowest BCUT2D eigenvalue weighted by Crippen LogP contribution is -2.12. The van der Waals surface area contributed by atoms with Gasteiger partial charge in [0, 0.05) is 5.69 Å². The Morgan fingerprint density at radius 1 is 1.13 bits per heavy atom. The van der Waals surface area contributed by atoms with Crippen molar-refractivity contribution < 1.29 is 26.7 Å². The molecule has 0 aliphatic carbocycles. The fraction of sp³-hybridized carbons (Fsp3) is 0.125. The molecule has 0 radical (unpaired) electrons. The van der Waals surface area contributed by atoms with Crippen molar-refractivity contribution in [1.82, 2.24) is 0 Å². The van der Waals surface area contributed by atoms with Crippen LogP contribution < -0.4 is 5.32 Å². The molecule has 0 fully saturated rings. The van der Waals surface area contributed by atoms with E-state index < -0.39 is 23.4 Å². The number of amides is 1. The van der Waals surface area contributed by atoms with E-state index in [1.165, 1.54) is 0 Å². The Morgan fingerprint density at radius 2 is 1.60 bits per heavy atom. The predicted molar refractivity (Wildman–Crippen MR) is 41.0 cm³/mol. The predicted octanol–water partition coefficient (Wildman–Crippen LogP) is 2.55. The first-order valence-corrected chi connectivity index (χ1v) is 3.62. The van der Waals surface area contributed by atoms with E-state index in [0.29, 0.717) is 12.1 Å². The van der Waals surface area contributed by atoms with Gasteiger partial charge in [0.2, 0.25) is 6.41 Å². The molecular formula is C8H4F5NO. The first-order valence-electron chi connectivity index (χ1n) is 3.62. The van der Waals surface area contributed by atoms with E-state index >= 15 is 0 Å². The largest absolute Gasteiger partial charge is 0.422 e. The molecule has 82 valence electrons. The van der Waals surface area contributed by atoms with Crippen molar-refractivity contribution in [2.75, 3.05) is 5.32 Å². The van der Waals surface area contributed by atoms with Crippen LogP contribution in [0.15, 0.2) is 12.1 Å². The van der Waals surface area contributed by atoms with Crippen LogP contribution in [0.4, 0.5) is 27.6 Å². The van der Waals surface area contributed by atoms with Gasteiger partial charge in [0.25, 0.3) is 0 Å². The number of alkyl halides is 3. The maximum atomic E-state index is 12.8. The first-order chi connectivity index (χ1) is 6.86. The molecule has 1 rings (SSSR count). The highest BCUT2D eigenvalue weighted by Crippen LogP contribution is 2.34. The lowest BCUT2D eigenvalue weighted by Gasteiger charge is -2.10. The summed E-state index contributed by atoms with van der Waals surface area (Å²) in [5.74, 6) is -3.54. The highest BCUT2D eigenvalue weighted by Gasteiger charge is 2.37. The molecule has 1 aromatic carbocycles. The lowest BCUT2D eigenvalue weighted by atomic mass is 10.1. The second kappa shape index (κ2) is 3.84. The topological polar surface area (TPSA) is 29.1 Å². The molecule has 0 saturated heterocycles. The van der Waals surface area contributed by atoms with E-state index in [0.717, 1.165) is 0 Å². The van der Waals surface area contributed by atoms with Gasteiger partial charge in [-0.25, -0.2) is 8.78 Å². The average molecular weight is 225 g/mol. The van der Waals surface area contributed by atoms with Gasteiger partial charge in [-0.3, -0.25) is 4.79 Å². The average Bonchev–Trinajstić information content (AvgIpc) is 1.99. The third-order valence-corrected chi connectivity index (χ3v) is 1.55. The van der Waals surface area contributed by atoms with Gasteiger partial charge in [-0.2, -0.15) is 13.2 Å². The molecule has 1 aromatic rings. The zero-order valence-corrected chi connectivity index (χ0v) is 7.03. The van der Waals surface area contributed by atoms with Crippen molar-refractivity contribution in [2.24, 2.45) is 0 Å². The minimum absolute atomic E-state index is 0.0987. The second-order valence-electron chi connectivity index (χ2n) is 2.57. The summed E-state index contributed by atoms with van der Waals surface area (Å²) in [6.45, 7) is 0. The van der Waals surface area contributed by atoms with Crippen LogP contribution in [-0.2, 0) is 11.0 Å². The molecule has 0 saturated carbocycles. The molecule has 0 aliphatic rings. The summed E-state index contributed by atoms with van der Waals surface area (Å²) in [5.41, 5.74) is -2.35. The van der Waals surface area contributed by atoms with Gasteiger partial charge in [-0.15, -0.1) is 0 Å². The van der Waals surface area contributed by atoms with Gasteiger partial charge in [-0.05, 0) is 12.1 Å². The van der Waals surface area contributed by atoms with E-state index in [-0.39, 0.29) is 12.1 Å². The van der Waals surface area contributed by atoms with Crippen molar-refractivity contribution >= 4 is 12.1 Å². The van der Waals surface area contributed by atoms with Crippen LogP contribution in [0, 0.1) is 11.6 Å². The molecule has 1 amide bonds. The lowest BCUT2D eigenvalue weighted by molar-refractivity contribution is -0.142. The summed E-state index contributed by atoms with van der Waals surface area (Å²) in [4.78, 5) is 9.90. The van der Waals surface area contributed by atoms with Gasteiger partial charge in [0.15, 0.2) is 0 Å². The quantitative estimate of drug-likeness (QED) is 0.608. The molecule has 0 aromatic heterocycles. The summed E-state index contributed by atoms with van der Waals surface area (Å²) in [5, 5.41) is 1.84. The van der Waals surface area contributed by atoms with Crippen LogP contribution in [0.2, 0.25) is 0 Å². The van der Waals surface area contributed by atoms with Crippen molar-refractivity contribution in [3.05, 3.63) is 29.3 Å². The monoisotopic (exact) mass is 225 g/mol. The van der Waals surface area contributed by atoms with Crippen LogP contribution in [0.1, 0.15) is 5.56 Å². The van der Waals surface area contributed by atoms with Crippen molar-refractivity contribution in [2.45, 2.75) is 6.18 Å². The highest BCUT2D eigenvalue weighted by molar-refractivity contribution is 5.71. The Bertz CT molecular complexity index is 364. The minimum atomic E-state index is -5.10. The number of hydrogen-bond acceptors (Lipinski definition) is 1. The second-order valence-corrected chi connectivity index (χ2v) is 2.57. The third kappa shape index (κ3) is 2.42. The third-order valence-electron chi connectivity index (χ3n) is 1.55. The number of anilines is 1. The standard InChI is InChI=1S/C8H4F5NO/c9-5-1-4(14-3-15)2-6(10)7(5)8(11,12)13/h1-3H,(H,14,15). The molecule has 15 heavy (non-hydrogen) atoms. The smallest absolute Gasteiger partial charge is 0.328 e. The van der Waals surface area contributed by atoms with Gasteiger partial charge in [0.1, 0.15) is 17.2 Å². The Morgan fingerprint density at radius 3 is 1.93 bits per heavy atom. The maximum Gasteiger partial charge on any atom is 0.422 e. The van der Waals surface area contributed by atoms with Gasteiger partial charge < -0.3 is 5.32 Å². The van der Waals surface area contributed by atoms with Crippen LogP contribution in [0.5, 0.6) is 0 Å². The zero-order valence-electron chi connectivity index (χ0n) is 7.03. The summed E-state index contributed by atoms with van der Waals surface area (Å²) < 4.78 is 61.8. The molecule has 2 nitrogen and oxygen atoms in total. The molecule has 0 spiro atoms. The number of benzene rings is 1. The van der Waals surface area contributed by atoms with Crippen LogP contribution in [0.3, 0.4) is 0 Å².